The molecular weight excluding hydrogens is 272 g/mol. The van der Waals surface area contributed by atoms with Crippen molar-refractivity contribution in [3.05, 3.63) is 34.9 Å². The topological polar surface area (TPSA) is 41.1 Å². The Bertz CT molecular complexity index is 472. The smallest absolute Gasteiger partial charge is 0.220 e. The monoisotopic (exact) mass is 302 g/mol. The number of piperidine rings is 1. The van der Waals surface area contributed by atoms with Crippen molar-refractivity contribution in [3.63, 3.8) is 0 Å². The van der Waals surface area contributed by atoms with Crippen LogP contribution >= 0.6 is 0 Å². The van der Waals surface area contributed by atoms with Crippen molar-refractivity contribution in [1.29, 1.82) is 0 Å². The summed E-state index contributed by atoms with van der Waals surface area (Å²) in [5.74, 6) is 1.32. The molecule has 1 aliphatic rings. The van der Waals surface area contributed by atoms with Crippen LogP contribution in [0.25, 0.3) is 0 Å². The molecule has 2 unspecified atom stereocenters. The van der Waals surface area contributed by atoms with E-state index in [2.05, 4.69) is 49.6 Å². The molecule has 0 radical (unpaired) electrons. The second kappa shape index (κ2) is 8.33. The number of carbonyl (C=O) groups is 1. The average molecular weight is 302 g/mol. The number of nitrogens with one attached hydrogen (secondary N) is 2. The van der Waals surface area contributed by atoms with Gasteiger partial charge in [-0.1, -0.05) is 25.1 Å². The van der Waals surface area contributed by atoms with Crippen LogP contribution in [0.4, 0.5) is 0 Å². The number of aryl methyl sites for hydroxylation is 2. The first-order chi connectivity index (χ1) is 10.6. The number of hydrogen-bond acceptors (Lipinski definition) is 2. The fraction of sp³-hybridized carbons (Fsp3) is 0.632. The van der Waals surface area contributed by atoms with Crippen LogP contribution in [0.2, 0.25) is 0 Å². The number of rotatable bonds is 6. The molecule has 1 saturated heterocycles. The quantitative estimate of drug-likeness (QED) is 0.848. The van der Waals surface area contributed by atoms with Crippen molar-refractivity contribution in [1.82, 2.24) is 10.6 Å². The minimum Gasteiger partial charge on any atom is -0.356 e. The summed E-state index contributed by atoms with van der Waals surface area (Å²) in [5.41, 5.74) is 4.00. The summed E-state index contributed by atoms with van der Waals surface area (Å²) in [6.45, 7) is 9.43. The predicted octanol–water partition coefficient (Wildman–Crippen LogP) is 2.99. The third-order valence-electron chi connectivity index (χ3n) is 4.99. The lowest BCUT2D eigenvalue weighted by atomic mass is 9.85. The summed E-state index contributed by atoms with van der Waals surface area (Å²) < 4.78 is 0. The van der Waals surface area contributed by atoms with Gasteiger partial charge in [0, 0.05) is 13.0 Å². The number of amides is 1. The van der Waals surface area contributed by atoms with Crippen LogP contribution in [0.1, 0.15) is 42.9 Å². The summed E-state index contributed by atoms with van der Waals surface area (Å²) in [5, 5.41) is 6.53. The van der Waals surface area contributed by atoms with Gasteiger partial charge in [-0.05, 0) is 74.7 Å². The zero-order valence-corrected chi connectivity index (χ0v) is 14.2. The second-order valence-electron chi connectivity index (χ2n) is 6.76. The Morgan fingerprint density at radius 3 is 2.73 bits per heavy atom. The molecule has 0 aliphatic carbocycles. The van der Waals surface area contributed by atoms with E-state index >= 15 is 0 Å². The van der Waals surface area contributed by atoms with Gasteiger partial charge in [0.25, 0.3) is 0 Å². The molecule has 3 heteroatoms. The van der Waals surface area contributed by atoms with E-state index in [1.165, 1.54) is 29.5 Å². The summed E-state index contributed by atoms with van der Waals surface area (Å²) in [7, 11) is 0. The van der Waals surface area contributed by atoms with Crippen molar-refractivity contribution in [3.8, 4) is 0 Å². The lowest BCUT2D eigenvalue weighted by molar-refractivity contribution is -0.122. The van der Waals surface area contributed by atoms with Gasteiger partial charge >= 0.3 is 0 Å². The fourth-order valence-electron chi connectivity index (χ4n) is 3.47. The first-order valence-corrected chi connectivity index (χ1v) is 8.60. The maximum Gasteiger partial charge on any atom is 0.220 e. The Labute approximate surface area is 134 Å². The van der Waals surface area contributed by atoms with Crippen molar-refractivity contribution in [2.24, 2.45) is 11.8 Å². The first kappa shape index (κ1) is 17.0. The Morgan fingerprint density at radius 1 is 1.36 bits per heavy atom. The molecule has 22 heavy (non-hydrogen) atoms. The van der Waals surface area contributed by atoms with Crippen LogP contribution in [0.15, 0.2) is 18.2 Å². The normalized spacial score (nSPS) is 19.7. The van der Waals surface area contributed by atoms with Crippen LogP contribution in [0.5, 0.6) is 0 Å². The van der Waals surface area contributed by atoms with E-state index in [4.69, 9.17) is 0 Å². The van der Waals surface area contributed by atoms with Crippen molar-refractivity contribution in [2.45, 2.75) is 46.5 Å². The molecule has 0 bridgehead atoms. The molecule has 1 aromatic rings. The van der Waals surface area contributed by atoms with Gasteiger partial charge in [0.1, 0.15) is 0 Å². The van der Waals surface area contributed by atoms with E-state index in [0.29, 0.717) is 18.3 Å². The summed E-state index contributed by atoms with van der Waals surface area (Å²) >= 11 is 0. The summed E-state index contributed by atoms with van der Waals surface area (Å²) in [6, 6.07) is 6.37. The molecule has 1 aromatic carbocycles. The Morgan fingerprint density at radius 2 is 2.09 bits per heavy atom. The van der Waals surface area contributed by atoms with Crippen molar-refractivity contribution >= 4 is 5.91 Å². The minimum absolute atomic E-state index is 0.198. The highest BCUT2D eigenvalue weighted by atomic mass is 16.1. The van der Waals surface area contributed by atoms with Crippen molar-refractivity contribution in [2.75, 3.05) is 19.6 Å². The van der Waals surface area contributed by atoms with Crippen LogP contribution in [0, 0.1) is 25.7 Å². The molecule has 1 aliphatic heterocycles. The second-order valence-corrected chi connectivity index (χ2v) is 6.76. The van der Waals surface area contributed by atoms with Gasteiger partial charge in [-0.15, -0.1) is 0 Å². The Hall–Kier alpha value is -1.35. The molecule has 1 amide bonds. The van der Waals surface area contributed by atoms with E-state index in [0.717, 1.165) is 26.1 Å². The molecular formula is C19H30N2O. The van der Waals surface area contributed by atoms with Gasteiger partial charge in [0.2, 0.25) is 5.91 Å². The first-order valence-electron chi connectivity index (χ1n) is 8.60. The zero-order valence-electron chi connectivity index (χ0n) is 14.2. The molecule has 1 fully saturated rings. The zero-order chi connectivity index (χ0) is 15.9. The highest BCUT2D eigenvalue weighted by Gasteiger charge is 2.21. The maximum atomic E-state index is 12.1. The summed E-state index contributed by atoms with van der Waals surface area (Å²) in [6.07, 6.45) is 4.07. The maximum absolute atomic E-state index is 12.1. The van der Waals surface area contributed by atoms with Gasteiger partial charge in [-0.3, -0.25) is 4.79 Å². The third-order valence-corrected chi connectivity index (χ3v) is 4.99. The predicted molar refractivity (Wildman–Crippen MR) is 92.0 cm³/mol. The van der Waals surface area contributed by atoms with Gasteiger partial charge in [0.05, 0.1) is 0 Å². The molecule has 2 atom stereocenters. The number of carbonyl (C=O) groups excluding carboxylic acids is 1. The van der Waals surface area contributed by atoms with E-state index in [1.54, 1.807) is 0 Å². The summed E-state index contributed by atoms with van der Waals surface area (Å²) in [4.78, 5) is 12.1. The van der Waals surface area contributed by atoms with Gasteiger partial charge in [-0.25, -0.2) is 0 Å². The molecule has 1 heterocycles. The lowest BCUT2D eigenvalue weighted by Crippen LogP contribution is -2.36. The van der Waals surface area contributed by atoms with Crippen LogP contribution in [0.3, 0.4) is 0 Å². The largest absolute Gasteiger partial charge is 0.356 e. The molecule has 0 spiro atoms. The highest BCUT2D eigenvalue weighted by Crippen LogP contribution is 2.22. The average Bonchev–Trinajstić information content (AvgIpc) is 2.51. The highest BCUT2D eigenvalue weighted by molar-refractivity contribution is 5.76. The Balaban J connectivity index is 1.73. The van der Waals surface area contributed by atoms with E-state index in [9.17, 15) is 4.79 Å². The van der Waals surface area contributed by atoms with E-state index < -0.39 is 0 Å². The number of hydrogen-bond donors (Lipinski definition) is 2. The van der Waals surface area contributed by atoms with Crippen molar-refractivity contribution < 1.29 is 4.79 Å². The fourth-order valence-corrected chi connectivity index (χ4v) is 3.47. The van der Waals surface area contributed by atoms with Gasteiger partial charge < -0.3 is 10.6 Å². The minimum atomic E-state index is 0.198. The van der Waals surface area contributed by atoms with E-state index in [-0.39, 0.29) is 5.91 Å². The van der Waals surface area contributed by atoms with Crippen LogP contribution < -0.4 is 10.6 Å². The van der Waals surface area contributed by atoms with Gasteiger partial charge in [-0.2, -0.15) is 0 Å². The molecule has 0 aromatic heterocycles. The third kappa shape index (κ3) is 4.84. The molecule has 122 valence electrons. The molecule has 0 saturated carbocycles. The van der Waals surface area contributed by atoms with Crippen LogP contribution in [-0.2, 0) is 11.2 Å². The molecule has 2 rings (SSSR count). The Kier molecular flexibility index (Phi) is 6.44. The van der Waals surface area contributed by atoms with Gasteiger partial charge in [0.15, 0.2) is 0 Å². The molecule has 2 N–H and O–H groups in total. The molecule has 3 nitrogen and oxygen atoms in total. The van der Waals surface area contributed by atoms with Crippen LogP contribution in [-0.4, -0.2) is 25.5 Å². The van der Waals surface area contributed by atoms with E-state index in [1.807, 2.05) is 0 Å². The number of benzene rings is 1. The SMILES string of the molecule is Cc1cccc(C)c1CCNC(=O)CC(C)C1CCCNC1. The lowest BCUT2D eigenvalue weighted by Gasteiger charge is -2.28. The standard InChI is InChI=1S/C19H30N2O/c1-14-6-4-7-15(2)18(14)9-11-21-19(22)12-16(3)17-8-5-10-20-13-17/h4,6-7,16-17,20H,5,8-13H2,1-3H3,(H,21,22).